The third kappa shape index (κ3) is 2.76. The van der Waals surface area contributed by atoms with Crippen LogP contribution in [0.25, 0.3) is 0 Å². The maximum atomic E-state index is 12.5. The zero-order valence-electron chi connectivity index (χ0n) is 11.9. The van der Waals surface area contributed by atoms with Gasteiger partial charge in [0.25, 0.3) is 0 Å². The van der Waals surface area contributed by atoms with E-state index in [2.05, 4.69) is 12.2 Å². The van der Waals surface area contributed by atoms with Crippen LogP contribution >= 0.6 is 11.8 Å². The number of piperazine rings is 1. The minimum Gasteiger partial charge on any atom is -0.343 e. The van der Waals surface area contributed by atoms with Gasteiger partial charge in [-0.15, -0.1) is 0 Å². The lowest BCUT2D eigenvalue weighted by Crippen LogP contribution is -2.70. The van der Waals surface area contributed by atoms with Gasteiger partial charge in [-0.1, -0.05) is 26.2 Å². The van der Waals surface area contributed by atoms with E-state index in [-0.39, 0.29) is 17.9 Å². The second kappa shape index (κ2) is 6.16. The highest BCUT2D eigenvalue weighted by atomic mass is 32.2. The summed E-state index contributed by atoms with van der Waals surface area (Å²) < 4.78 is 0. The van der Waals surface area contributed by atoms with Crippen molar-refractivity contribution in [2.45, 2.75) is 57.5 Å². The number of thioether (sulfide) groups is 1. The van der Waals surface area contributed by atoms with E-state index < -0.39 is 5.54 Å². The SMILES string of the molecule is CCSCCN1C(=O)C(C)NC(=O)C12CCCCC2. The van der Waals surface area contributed by atoms with Crippen molar-refractivity contribution in [3.8, 4) is 0 Å². The molecule has 19 heavy (non-hydrogen) atoms. The van der Waals surface area contributed by atoms with Crippen molar-refractivity contribution in [3.63, 3.8) is 0 Å². The lowest BCUT2D eigenvalue weighted by Gasteiger charge is -2.49. The molecule has 0 aromatic heterocycles. The van der Waals surface area contributed by atoms with Crippen molar-refractivity contribution in [3.05, 3.63) is 0 Å². The van der Waals surface area contributed by atoms with E-state index in [0.29, 0.717) is 6.54 Å². The molecule has 1 saturated heterocycles. The van der Waals surface area contributed by atoms with Crippen LogP contribution in [0.15, 0.2) is 0 Å². The molecule has 5 heteroatoms. The van der Waals surface area contributed by atoms with Crippen LogP contribution in [0.4, 0.5) is 0 Å². The van der Waals surface area contributed by atoms with Crippen molar-refractivity contribution < 1.29 is 9.59 Å². The average molecular weight is 284 g/mol. The highest BCUT2D eigenvalue weighted by molar-refractivity contribution is 7.99. The van der Waals surface area contributed by atoms with Gasteiger partial charge in [0.15, 0.2) is 0 Å². The summed E-state index contributed by atoms with van der Waals surface area (Å²) in [6, 6.07) is -0.369. The summed E-state index contributed by atoms with van der Waals surface area (Å²) >= 11 is 1.83. The highest BCUT2D eigenvalue weighted by Gasteiger charge is 2.51. The molecule has 1 N–H and O–H groups in total. The first-order valence-electron chi connectivity index (χ1n) is 7.32. The maximum Gasteiger partial charge on any atom is 0.246 e. The van der Waals surface area contributed by atoms with Gasteiger partial charge in [0.2, 0.25) is 11.8 Å². The van der Waals surface area contributed by atoms with Gasteiger partial charge < -0.3 is 10.2 Å². The Kier molecular flexibility index (Phi) is 4.76. The van der Waals surface area contributed by atoms with Crippen molar-refractivity contribution >= 4 is 23.6 Å². The third-order valence-electron chi connectivity index (χ3n) is 4.27. The van der Waals surface area contributed by atoms with Gasteiger partial charge in [0.1, 0.15) is 11.6 Å². The number of nitrogens with zero attached hydrogens (tertiary/aromatic N) is 1. The Morgan fingerprint density at radius 2 is 2.00 bits per heavy atom. The van der Waals surface area contributed by atoms with Crippen molar-refractivity contribution in [1.29, 1.82) is 0 Å². The second-order valence-corrected chi connectivity index (χ2v) is 6.87. The predicted molar refractivity (Wildman–Crippen MR) is 78.1 cm³/mol. The Balaban J connectivity index is 2.18. The minimum atomic E-state index is -0.545. The maximum absolute atomic E-state index is 12.5. The summed E-state index contributed by atoms with van der Waals surface area (Å²) in [6.45, 7) is 4.61. The lowest BCUT2D eigenvalue weighted by atomic mass is 9.77. The van der Waals surface area contributed by atoms with Gasteiger partial charge >= 0.3 is 0 Å². The average Bonchev–Trinajstić information content (AvgIpc) is 2.42. The first-order chi connectivity index (χ1) is 9.12. The number of hydrogen-bond acceptors (Lipinski definition) is 3. The van der Waals surface area contributed by atoms with Gasteiger partial charge in [0, 0.05) is 12.3 Å². The molecule has 0 aromatic rings. The monoisotopic (exact) mass is 284 g/mol. The van der Waals surface area contributed by atoms with E-state index in [9.17, 15) is 9.59 Å². The number of carbonyl (C=O) groups is 2. The number of hydrogen-bond donors (Lipinski definition) is 1. The topological polar surface area (TPSA) is 49.4 Å². The van der Waals surface area contributed by atoms with Crippen molar-refractivity contribution in [2.24, 2.45) is 0 Å². The van der Waals surface area contributed by atoms with Crippen LogP contribution in [0.1, 0.15) is 46.0 Å². The number of carbonyl (C=O) groups excluding carboxylic acids is 2. The van der Waals surface area contributed by atoms with E-state index in [1.165, 1.54) is 6.42 Å². The Morgan fingerprint density at radius 3 is 2.63 bits per heavy atom. The Morgan fingerprint density at radius 1 is 1.32 bits per heavy atom. The molecule has 2 amide bonds. The normalized spacial score (nSPS) is 26.6. The van der Waals surface area contributed by atoms with Crippen molar-refractivity contribution in [2.75, 3.05) is 18.1 Å². The number of nitrogens with one attached hydrogen (secondary N) is 1. The third-order valence-corrected chi connectivity index (χ3v) is 5.15. The fraction of sp³-hybridized carbons (Fsp3) is 0.857. The summed E-state index contributed by atoms with van der Waals surface area (Å²) in [7, 11) is 0. The van der Waals surface area contributed by atoms with E-state index >= 15 is 0 Å². The molecule has 1 aliphatic carbocycles. The molecule has 1 heterocycles. The number of amides is 2. The van der Waals surface area contributed by atoms with Crippen molar-refractivity contribution in [1.82, 2.24) is 10.2 Å². The molecule has 1 saturated carbocycles. The van der Waals surface area contributed by atoms with E-state index in [1.54, 1.807) is 6.92 Å². The molecule has 4 nitrogen and oxygen atoms in total. The Hall–Kier alpha value is -0.710. The van der Waals surface area contributed by atoms with Crippen LogP contribution in [0, 0.1) is 0 Å². The first-order valence-corrected chi connectivity index (χ1v) is 8.47. The predicted octanol–water partition coefficient (Wildman–Crippen LogP) is 1.79. The molecule has 1 unspecified atom stereocenters. The van der Waals surface area contributed by atoms with E-state index in [1.807, 2.05) is 16.7 Å². The molecule has 2 rings (SSSR count). The van der Waals surface area contributed by atoms with Gasteiger partial charge in [0.05, 0.1) is 0 Å². The summed E-state index contributed by atoms with van der Waals surface area (Å²) in [6.07, 6.45) is 4.93. The summed E-state index contributed by atoms with van der Waals surface area (Å²) in [5.41, 5.74) is -0.545. The molecular formula is C14H24N2O2S. The molecule has 108 valence electrons. The second-order valence-electron chi connectivity index (χ2n) is 5.47. The van der Waals surface area contributed by atoms with Gasteiger partial charge in [-0.25, -0.2) is 0 Å². The van der Waals surface area contributed by atoms with Crippen LogP contribution in [0.5, 0.6) is 0 Å². The fourth-order valence-electron chi connectivity index (χ4n) is 3.22. The number of rotatable bonds is 4. The zero-order chi connectivity index (χ0) is 13.9. The fourth-order valence-corrected chi connectivity index (χ4v) is 3.82. The van der Waals surface area contributed by atoms with E-state index in [0.717, 1.165) is 37.2 Å². The van der Waals surface area contributed by atoms with Crippen LogP contribution in [0.2, 0.25) is 0 Å². The van der Waals surface area contributed by atoms with Gasteiger partial charge in [-0.2, -0.15) is 11.8 Å². The molecule has 1 spiro atoms. The molecule has 0 radical (unpaired) electrons. The quantitative estimate of drug-likeness (QED) is 0.801. The van der Waals surface area contributed by atoms with Crippen LogP contribution < -0.4 is 5.32 Å². The molecular weight excluding hydrogens is 260 g/mol. The largest absolute Gasteiger partial charge is 0.343 e. The zero-order valence-corrected chi connectivity index (χ0v) is 12.7. The molecule has 2 aliphatic rings. The smallest absolute Gasteiger partial charge is 0.246 e. The minimum absolute atomic E-state index is 0.0702. The standard InChI is InChI=1S/C14H24N2O2S/c1-3-19-10-9-16-12(17)11(2)15-13(18)14(16)7-5-4-6-8-14/h11H,3-10H2,1-2H3,(H,15,18). The van der Waals surface area contributed by atoms with E-state index in [4.69, 9.17) is 0 Å². The Bertz CT molecular complexity index is 353. The Labute approximate surface area is 119 Å². The summed E-state index contributed by atoms with van der Waals surface area (Å²) in [5.74, 6) is 2.14. The van der Waals surface area contributed by atoms with Crippen LogP contribution in [0.3, 0.4) is 0 Å². The summed E-state index contributed by atoms with van der Waals surface area (Å²) in [4.78, 5) is 26.8. The molecule has 0 bridgehead atoms. The van der Waals surface area contributed by atoms with Crippen LogP contribution in [-0.4, -0.2) is 46.3 Å². The molecule has 0 aromatic carbocycles. The summed E-state index contributed by atoms with van der Waals surface area (Å²) in [5, 5.41) is 2.87. The molecule has 1 atom stereocenters. The van der Waals surface area contributed by atoms with Gasteiger partial charge in [-0.3, -0.25) is 9.59 Å². The molecule has 1 aliphatic heterocycles. The first kappa shape index (κ1) is 14.7. The van der Waals surface area contributed by atoms with Crippen LogP contribution in [-0.2, 0) is 9.59 Å². The highest BCUT2D eigenvalue weighted by Crippen LogP contribution is 2.36. The lowest BCUT2D eigenvalue weighted by molar-refractivity contribution is -0.159. The van der Waals surface area contributed by atoms with Gasteiger partial charge in [-0.05, 0) is 25.5 Å². The molecule has 2 fully saturated rings.